The van der Waals surface area contributed by atoms with Crippen molar-refractivity contribution in [2.45, 2.75) is 20.0 Å². The minimum absolute atomic E-state index is 0.208. The maximum Gasteiger partial charge on any atom is 0.301 e. The fourth-order valence-corrected chi connectivity index (χ4v) is 0.251. The standard InChI is InChI=1S/C5H8F2O/c1-4(2)8-5(7)3-6/h3-4H,1-2H3/b5-3+. The minimum Gasteiger partial charge on any atom is -0.466 e. The van der Waals surface area contributed by atoms with Gasteiger partial charge >= 0.3 is 6.01 Å². The summed E-state index contributed by atoms with van der Waals surface area (Å²) in [5, 5.41) is 0. The van der Waals surface area contributed by atoms with Crippen LogP contribution < -0.4 is 0 Å². The fraction of sp³-hybridized carbons (Fsp3) is 0.600. The molecule has 3 heteroatoms. The van der Waals surface area contributed by atoms with Crippen LogP contribution in [-0.4, -0.2) is 6.10 Å². The van der Waals surface area contributed by atoms with Crippen molar-refractivity contribution >= 4 is 0 Å². The van der Waals surface area contributed by atoms with Crippen LogP contribution in [0.5, 0.6) is 0 Å². The van der Waals surface area contributed by atoms with Crippen molar-refractivity contribution in [3.63, 3.8) is 0 Å². The summed E-state index contributed by atoms with van der Waals surface area (Å²) in [5.74, 6) is 0. The van der Waals surface area contributed by atoms with Crippen molar-refractivity contribution in [3.05, 3.63) is 12.3 Å². The third-order valence-corrected chi connectivity index (χ3v) is 0.434. The minimum atomic E-state index is -1.17. The second-order valence-electron chi connectivity index (χ2n) is 1.58. The Balaban J connectivity index is 3.39. The molecule has 0 aliphatic heterocycles. The van der Waals surface area contributed by atoms with E-state index in [9.17, 15) is 8.78 Å². The van der Waals surface area contributed by atoms with E-state index >= 15 is 0 Å². The Morgan fingerprint density at radius 3 is 2.25 bits per heavy atom. The van der Waals surface area contributed by atoms with E-state index in [1.165, 1.54) is 0 Å². The van der Waals surface area contributed by atoms with Crippen LogP contribution in [0.15, 0.2) is 12.3 Å². The predicted molar refractivity (Wildman–Crippen MR) is 26.5 cm³/mol. The summed E-state index contributed by atoms with van der Waals surface area (Å²) >= 11 is 0. The molecule has 0 radical (unpaired) electrons. The van der Waals surface area contributed by atoms with Gasteiger partial charge in [-0.3, -0.25) is 0 Å². The Morgan fingerprint density at radius 2 is 2.12 bits per heavy atom. The fourth-order valence-electron chi connectivity index (χ4n) is 0.251. The Morgan fingerprint density at radius 1 is 1.62 bits per heavy atom. The van der Waals surface area contributed by atoms with E-state index in [4.69, 9.17) is 0 Å². The molecule has 0 unspecified atom stereocenters. The topological polar surface area (TPSA) is 9.23 Å². The Bertz CT molecular complexity index is 88.4. The van der Waals surface area contributed by atoms with Gasteiger partial charge in [-0.15, -0.1) is 0 Å². The molecule has 48 valence electrons. The molecule has 0 aliphatic carbocycles. The van der Waals surface area contributed by atoms with Crippen molar-refractivity contribution < 1.29 is 13.5 Å². The van der Waals surface area contributed by atoms with Gasteiger partial charge in [0.1, 0.15) is 0 Å². The summed E-state index contributed by atoms with van der Waals surface area (Å²) < 4.78 is 27.0. The van der Waals surface area contributed by atoms with Gasteiger partial charge in [-0.05, 0) is 13.8 Å². The monoisotopic (exact) mass is 122 g/mol. The summed E-state index contributed by atoms with van der Waals surface area (Å²) in [6.45, 7) is 3.23. The van der Waals surface area contributed by atoms with Crippen molar-refractivity contribution in [3.8, 4) is 0 Å². The van der Waals surface area contributed by atoms with Crippen molar-refractivity contribution in [1.29, 1.82) is 0 Å². The average molecular weight is 122 g/mol. The van der Waals surface area contributed by atoms with Crippen molar-refractivity contribution in [2.75, 3.05) is 0 Å². The highest BCUT2D eigenvalue weighted by molar-refractivity contribution is 4.71. The molecular formula is C5H8F2O. The zero-order valence-electron chi connectivity index (χ0n) is 4.82. The molecule has 0 bridgehead atoms. The normalized spacial score (nSPS) is 12.4. The second-order valence-corrected chi connectivity index (χ2v) is 1.58. The number of ether oxygens (including phenoxy) is 1. The van der Waals surface area contributed by atoms with Gasteiger partial charge in [-0.2, -0.15) is 4.39 Å². The highest BCUT2D eigenvalue weighted by Crippen LogP contribution is 2.02. The number of rotatable bonds is 2. The lowest BCUT2D eigenvalue weighted by atomic mass is 10.5. The first-order valence-electron chi connectivity index (χ1n) is 2.29. The molecule has 1 nitrogen and oxygen atoms in total. The highest BCUT2D eigenvalue weighted by atomic mass is 19.2. The lowest BCUT2D eigenvalue weighted by Gasteiger charge is -2.03. The molecule has 0 rings (SSSR count). The molecule has 8 heavy (non-hydrogen) atoms. The smallest absolute Gasteiger partial charge is 0.301 e. The van der Waals surface area contributed by atoms with Crippen LogP contribution >= 0.6 is 0 Å². The largest absolute Gasteiger partial charge is 0.466 e. The van der Waals surface area contributed by atoms with Gasteiger partial charge in [-0.25, -0.2) is 4.39 Å². The zero-order valence-corrected chi connectivity index (χ0v) is 4.82. The van der Waals surface area contributed by atoms with E-state index in [1.54, 1.807) is 13.8 Å². The van der Waals surface area contributed by atoms with Crippen LogP contribution in [0.2, 0.25) is 0 Å². The number of halogens is 2. The first-order chi connectivity index (χ1) is 3.66. The third kappa shape index (κ3) is 3.59. The molecule has 0 atom stereocenters. The van der Waals surface area contributed by atoms with E-state index in [0.717, 1.165) is 0 Å². The Kier molecular flexibility index (Phi) is 3.15. The summed E-state index contributed by atoms with van der Waals surface area (Å²) in [6.07, 6.45) is -0.512. The molecule has 0 fully saturated rings. The molecule has 0 saturated carbocycles. The van der Waals surface area contributed by atoms with Gasteiger partial charge < -0.3 is 4.74 Å². The second kappa shape index (κ2) is 3.41. The lowest BCUT2D eigenvalue weighted by Crippen LogP contribution is -1.98. The molecule has 0 aliphatic rings. The molecule has 0 heterocycles. The summed E-state index contributed by atoms with van der Waals surface area (Å²) in [7, 11) is 0. The molecule has 0 aromatic carbocycles. The molecule has 0 aromatic heterocycles. The van der Waals surface area contributed by atoms with Crippen molar-refractivity contribution in [2.24, 2.45) is 0 Å². The number of hydrogen-bond acceptors (Lipinski definition) is 1. The maximum absolute atomic E-state index is 11.6. The molecule has 0 amide bonds. The van der Waals surface area contributed by atoms with Gasteiger partial charge in [0.25, 0.3) is 0 Å². The molecule has 0 spiro atoms. The molecule has 0 aromatic rings. The Hall–Kier alpha value is -0.600. The van der Waals surface area contributed by atoms with E-state index in [0.29, 0.717) is 0 Å². The van der Waals surface area contributed by atoms with Gasteiger partial charge in [0.05, 0.1) is 6.10 Å². The van der Waals surface area contributed by atoms with E-state index in [-0.39, 0.29) is 12.4 Å². The Labute approximate surface area is 47.0 Å². The molecule has 0 saturated heterocycles. The molecule has 0 N–H and O–H groups in total. The van der Waals surface area contributed by atoms with Gasteiger partial charge in [0.15, 0.2) is 6.33 Å². The van der Waals surface area contributed by atoms with Gasteiger partial charge in [0, 0.05) is 0 Å². The third-order valence-electron chi connectivity index (χ3n) is 0.434. The summed E-state index contributed by atoms with van der Waals surface area (Å²) in [5.41, 5.74) is 0. The number of hydrogen-bond donors (Lipinski definition) is 0. The van der Waals surface area contributed by atoms with E-state index in [2.05, 4.69) is 4.74 Å². The van der Waals surface area contributed by atoms with Gasteiger partial charge in [-0.1, -0.05) is 0 Å². The highest BCUT2D eigenvalue weighted by Gasteiger charge is 1.96. The van der Waals surface area contributed by atoms with Crippen LogP contribution in [0.1, 0.15) is 13.8 Å². The SMILES string of the molecule is CC(C)O/C(F)=C/F. The quantitative estimate of drug-likeness (QED) is 0.510. The van der Waals surface area contributed by atoms with Crippen LogP contribution in [0.3, 0.4) is 0 Å². The first kappa shape index (κ1) is 7.40. The average Bonchev–Trinajstić information content (AvgIpc) is 1.65. The van der Waals surface area contributed by atoms with E-state index in [1.807, 2.05) is 0 Å². The lowest BCUT2D eigenvalue weighted by molar-refractivity contribution is 0.0889. The van der Waals surface area contributed by atoms with Crippen LogP contribution in [-0.2, 0) is 4.74 Å². The zero-order chi connectivity index (χ0) is 6.57. The van der Waals surface area contributed by atoms with E-state index < -0.39 is 6.01 Å². The maximum atomic E-state index is 11.6. The van der Waals surface area contributed by atoms with Crippen molar-refractivity contribution in [1.82, 2.24) is 0 Å². The summed E-state index contributed by atoms with van der Waals surface area (Å²) in [4.78, 5) is 0. The first-order valence-corrected chi connectivity index (χ1v) is 2.29. The molecular weight excluding hydrogens is 114 g/mol. The predicted octanol–water partition coefficient (Wildman–Crippen LogP) is 2.15. The van der Waals surface area contributed by atoms with Gasteiger partial charge in [0.2, 0.25) is 0 Å². The van der Waals surface area contributed by atoms with Crippen LogP contribution in [0.4, 0.5) is 8.78 Å². The summed E-state index contributed by atoms with van der Waals surface area (Å²) in [6, 6.07) is -1.17. The van der Waals surface area contributed by atoms with Crippen LogP contribution in [0, 0.1) is 0 Å². The van der Waals surface area contributed by atoms with Crippen LogP contribution in [0.25, 0.3) is 0 Å².